The molecule has 0 amide bonds. The fourth-order valence-electron chi connectivity index (χ4n) is 4.04. The SMILES string of the molecule is COc1cc2nc(C)nc(NC(C)c3ccc(-c4ccccc4-c4cn[nH]c4)s3)c2cc1OC. The fourth-order valence-corrected chi connectivity index (χ4v) is 5.09. The molecule has 7 nitrogen and oxygen atoms in total. The van der Waals surface area contributed by atoms with Gasteiger partial charge < -0.3 is 14.8 Å². The van der Waals surface area contributed by atoms with Gasteiger partial charge in [-0.15, -0.1) is 11.3 Å². The Morgan fingerprint density at radius 3 is 2.47 bits per heavy atom. The molecule has 5 aromatic rings. The number of anilines is 1. The predicted molar refractivity (Wildman–Crippen MR) is 137 cm³/mol. The summed E-state index contributed by atoms with van der Waals surface area (Å²) in [6.07, 6.45) is 3.77. The zero-order valence-corrected chi connectivity index (χ0v) is 20.2. The number of fused-ring (bicyclic) bond motifs is 1. The van der Waals surface area contributed by atoms with Crippen LogP contribution in [0.3, 0.4) is 0 Å². The lowest BCUT2D eigenvalue weighted by Crippen LogP contribution is -2.08. The minimum atomic E-state index is 0.0467. The second kappa shape index (κ2) is 9.15. The first kappa shape index (κ1) is 21.9. The summed E-state index contributed by atoms with van der Waals surface area (Å²) in [5.74, 6) is 2.75. The number of benzene rings is 2. The van der Waals surface area contributed by atoms with E-state index in [1.807, 2.05) is 31.5 Å². The number of aromatic nitrogens is 4. The molecule has 0 fully saturated rings. The average Bonchev–Trinajstić information content (AvgIpc) is 3.56. The molecule has 0 aliphatic rings. The van der Waals surface area contributed by atoms with Crippen LogP contribution in [0.2, 0.25) is 0 Å². The molecule has 2 aromatic carbocycles. The van der Waals surface area contributed by atoms with Crippen LogP contribution in [0.5, 0.6) is 11.5 Å². The van der Waals surface area contributed by atoms with E-state index < -0.39 is 0 Å². The Balaban J connectivity index is 1.48. The molecule has 5 rings (SSSR count). The average molecular weight is 472 g/mol. The van der Waals surface area contributed by atoms with Crippen molar-refractivity contribution in [3.8, 4) is 33.1 Å². The van der Waals surface area contributed by atoms with Gasteiger partial charge in [-0.05, 0) is 43.2 Å². The first-order valence-electron chi connectivity index (χ1n) is 10.9. The topological polar surface area (TPSA) is 85.0 Å². The number of ether oxygens (including phenoxy) is 2. The minimum Gasteiger partial charge on any atom is -0.493 e. The predicted octanol–water partition coefficient (Wildman–Crippen LogP) is 6.25. The highest BCUT2D eigenvalue weighted by molar-refractivity contribution is 7.15. The molecule has 1 unspecified atom stereocenters. The molecule has 3 heterocycles. The van der Waals surface area contributed by atoms with E-state index in [9.17, 15) is 0 Å². The number of hydrogen-bond acceptors (Lipinski definition) is 7. The van der Waals surface area contributed by atoms with Crippen molar-refractivity contribution in [1.29, 1.82) is 0 Å². The molecule has 0 spiro atoms. The van der Waals surface area contributed by atoms with Crippen molar-refractivity contribution in [3.63, 3.8) is 0 Å². The third-order valence-corrected chi connectivity index (χ3v) is 7.02. The second-order valence-electron chi connectivity index (χ2n) is 7.94. The number of methoxy groups -OCH3 is 2. The first-order chi connectivity index (χ1) is 16.6. The van der Waals surface area contributed by atoms with Crippen molar-refractivity contribution < 1.29 is 9.47 Å². The smallest absolute Gasteiger partial charge is 0.162 e. The summed E-state index contributed by atoms with van der Waals surface area (Å²) in [6.45, 7) is 4.03. The van der Waals surface area contributed by atoms with Crippen molar-refractivity contribution in [2.24, 2.45) is 0 Å². The van der Waals surface area contributed by atoms with Gasteiger partial charge in [0.25, 0.3) is 0 Å². The highest BCUT2D eigenvalue weighted by Gasteiger charge is 2.17. The maximum atomic E-state index is 5.50. The van der Waals surface area contributed by atoms with E-state index in [4.69, 9.17) is 9.47 Å². The summed E-state index contributed by atoms with van der Waals surface area (Å²) >= 11 is 1.77. The van der Waals surface area contributed by atoms with Gasteiger partial charge in [-0.25, -0.2) is 9.97 Å². The molecule has 1 atom stereocenters. The van der Waals surface area contributed by atoms with E-state index in [0.717, 1.165) is 27.8 Å². The zero-order chi connectivity index (χ0) is 23.7. The van der Waals surface area contributed by atoms with E-state index in [1.54, 1.807) is 25.6 Å². The van der Waals surface area contributed by atoms with Gasteiger partial charge in [-0.1, -0.05) is 24.3 Å². The van der Waals surface area contributed by atoms with Gasteiger partial charge in [0.1, 0.15) is 11.6 Å². The summed E-state index contributed by atoms with van der Waals surface area (Å²) < 4.78 is 10.9. The van der Waals surface area contributed by atoms with Crippen LogP contribution in [0, 0.1) is 6.92 Å². The van der Waals surface area contributed by atoms with E-state index >= 15 is 0 Å². The maximum Gasteiger partial charge on any atom is 0.162 e. The number of nitrogens with zero attached hydrogens (tertiary/aromatic N) is 3. The Morgan fingerprint density at radius 2 is 1.74 bits per heavy atom. The van der Waals surface area contributed by atoms with Crippen molar-refractivity contribution >= 4 is 28.1 Å². The molecule has 8 heteroatoms. The van der Waals surface area contributed by atoms with E-state index in [-0.39, 0.29) is 6.04 Å². The number of hydrogen-bond donors (Lipinski definition) is 2. The van der Waals surface area contributed by atoms with E-state index in [2.05, 4.69) is 68.8 Å². The molecule has 172 valence electrons. The molecule has 34 heavy (non-hydrogen) atoms. The van der Waals surface area contributed by atoms with Gasteiger partial charge in [0, 0.05) is 33.0 Å². The Bertz CT molecular complexity index is 1450. The van der Waals surface area contributed by atoms with Crippen molar-refractivity contribution in [2.45, 2.75) is 19.9 Å². The summed E-state index contributed by atoms with van der Waals surface area (Å²) in [7, 11) is 3.25. The quantitative estimate of drug-likeness (QED) is 0.292. The van der Waals surface area contributed by atoms with Crippen molar-refractivity contribution in [1.82, 2.24) is 20.2 Å². The molecule has 0 aliphatic heterocycles. The Kier molecular flexibility index (Phi) is 5.90. The fraction of sp³-hybridized carbons (Fsp3) is 0.192. The molecular formula is C26H25N5O2S. The largest absolute Gasteiger partial charge is 0.493 e. The summed E-state index contributed by atoms with van der Waals surface area (Å²) in [4.78, 5) is 11.7. The molecule has 3 aromatic heterocycles. The molecule has 0 saturated carbocycles. The van der Waals surface area contributed by atoms with Gasteiger partial charge in [0.15, 0.2) is 11.5 Å². The zero-order valence-electron chi connectivity index (χ0n) is 19.4. The van der Waals surface area contributed by atoms with Crippen LogP contribution in [-0.2, 0) is 0 Å². The summed E-state index contributed by atoms with van der Waals surface area (Å²) in [6, 6.07) is 16.6. The molecule has 0 aliphatic carbocycles. The molecule has 0 bridgehead atoms. The second-order valence-corrected chi connectivity index (χ2v) is 9.06. The normalized spacial score (nSPS) is 12.0. The Labute approximate surface area is 201 Å². The molecule has 0 saturated heterocycles. The lowest BCUT2D eigenvalue weighted by atomic mass is 10.0. The highest BCUT2D eigenvalue weighted by Crippen LogP contribution is 2.39. The molecule has 2 N–H and O–H groups in total. The third kappa shape index (κ3) is 4.08. The highest BCUT2D eigenvalue weighted by atomic mass is 32.1. The van der Waals surface area contributed by atoms with Crippen LogP contribution in [0.4, 0.5) is 5.82 Å². The van der Waals surface area contributed by atoms with Crippen molar-refractivity contribution in [3.05, 3.63) is 71.6 Å². The van der Waals surface area contributed by atoms with Gasteiger partial charge in [-0.2, -0.15) is 5.10 Å². The van der Waals surface area contributed by atoms with E-state index in [1.165, 1.54) is 15.3 Å². The first-order valence-corrected chi connectivity index (χ1v) is 11.7. The number of rotatable bonds is 7. The van der Waals surface area contributed by atoms with E-state index in [0.29, 0.717) is 17.3 Å². The Morgan fingerprint density at radius 1 is 0.971 bits per heavy atom. The van der Waals surface area contributed by atoms with Crippen LogP contribution in [0.1, 0.15) is 23.7 Å². The van der Waals surface area contributed by atoms with Crippen LogP contribution in [0.15, 0.2) is 60.9 Å². The summed E-state index contributed by atoms with van der Waals surface area (Å²) in [5.41, 5.74) is 4.22. The van der Waals surface area contributed by atoms with Crippen molar-refractivity contribution in [2.75, 3.05) is 19.5 Å². The number of aromatic amines is 1. The van der Waals surface area contributed by atoms with Crippen LogP contribution in [0.25, 0.3) is 32.5 Å². The lowest BCUT2D eigenvalue weighted by Gasteiger charge is -2.16. The molecule has 0 radical (unpaired) electrons. The van der Waals surface area contributed by atoms with Crippen LogP contribution in [-0.4, -0.2) is 34.4 Å². The van der Waals surface area contributed by atoms with Gasteiger partial charge in [0.2, 0.25) is 0 Å². The van der Waals surface area contributed by atoms with Gasteiger partial charge in [-0.3, -0.25) is 5.10 Å². The monoisotopic (exact) mass is 471 g/mol. The van der Waals surface area contributed by atoms with Gasteiger partial charge >= 0.3 is 0 Å². The standard InChI is InChI=1S/C26H25N5O2S/c1-15(29-26-20-11-22(32-3)23(33-4)12-21(20)30-16(2)31-26)24-9-10-25(34-24)19-8-6-5-7-18(19)17-13-27-28-14-17/h5-15H,1-4H3,(H,27,28)(H,29,30,31). The number of nitrogens with one attached hydrogen (secondary N) is 2. The Hall–Kier alpha value is -3.91. The minimum absolute atomic E-state index is 0.0467. The van der Waals surface area contributed by atoms with Crippen LogP contribution >= 0.6 is 11.3 Å². The van der Waals surface area contributed by atoms with Crippen LogP contribution < -0.4 is 14.8 Å². The number of H-pyrrole nitrogens is 1. The molecular weight excluding hydrogens is 446 g/mol. The summed E-state index contributed by atoms with van der Waals surface area (Å²) in [5, 5.41) is 11.5. The van der Waals surface area contributed by atoms with Gasteiger partial charge in [0.05, 0.1) is 32.0 Å². The number of aryl methyl sites for hydroxylation is 1. The maximum absolute atomic E-state index is 5.50. The number of thiophene rings is 1. The lowest BCUT2D eigenvalue weighted by molar-refractivity contribution is 0.356. The third-order valence-electron chi connectivity index (χ3n) is 5.72.